The maximum atomic E-state index is 9.95. The topological polar surface area (TPSA) is 38.0 Å². The summed E-state index contributed by atoms with van der Waals surface area (Å²) in [6.07, 6.45) is 5.49. The van der Waals surface area contributed by atoms with Gasteiger partial charge >= 0.3 is 0 Å². The molecule has 1 fully saturated rings. The zero-order valence-electron chi connectivity index (χ0n) is 9.07. The molecular weight excluding hydrogens is 176 g/mol. The zero-order valence-corrected chi connectivity index (χ0v) is 9.07. The van der Waals surface area contributed by atoms with Gasteiger partial charge in [0, 0.05) is 19.7 Å². The molecular formula is C11H18N2O. The Labute approximate surface area is 84.7 Å². The minimum atomic E-state index is -0.200. The van der Waals surface area contributed by atoms with E-state index >= 15 is 0 Å². The number of aromatic nitrogens is 2. The van der Waals surface area contributed by atoms with Gasteiger partial charge in [-0.25, -0.2) is 0 Å². The molecule has 0 spiro atoms. The van der Waals surface area contributed by atoms with E-state index in [0.29, 0.717) is 11.3 Å². The highest BCUT2D eigenvalue weighted by Gasteiger charge is 2.49. The number of nitrogens with zero attached hydrogens (tertiary/aromatic N) is 2. The molecule has 1 heterocycles. The van der Waals surface area contributed by atoms with Gasteiger partial charge < -0.3 is 5.11 Å². The summed E-state index contributed by atoms with van der Waals surface area (Å²) < 4.78 is 1.78. The molecule has 2 rings (SSSR count). The van der Waals surface area contributed by atoms with Gasteiger partial charge in [0.2, 0.25) is 0 Å². The van der Waals surface area contributed by atoms with E-state index in [9.17, 15) is 5.11 Å². The van der Waals surface area contributed by atoms with Crippen LogP contribution >= 0.6 is 0 Å². The van der Waals surface area contributed by atoms with Crippen LogP contribution in [0.3, 0.4) is 0 Å². The Morgan fingerprint density at radius 2 is 2.36 bits per heavy atom. The molecule has 3 nitrogen and oxygen atoms in total. The van der Waals surface area contributed by atoms with Gasteiger partial charge in [0.1, 0.15) is 0 Å². The first-order chi connectivity index (χ1) is 6.49. The van der Waals surface area contributed by atoms with E-state index in [0.717, 1.165) is 18.4 Å². The predicted octanol–water partition coefficient (Wildman–Crippen LogP) is 1.37. The number of rotatable bonds is 3. The third kappa shape index (κ3) is 1.82. The first-order valence-electron chi connectivity index (χ1n) is 5.14. The number of aryl methyl sites for hydroxylation is 1. The second-order valence-electron chi connectivity index (χ2n) is 5.09. The van der Waals surface area contributed by atoms with Crippen molar-refractivity contribution >= 4 is 0 Å². The lowest BCUT2D eigenvalue weighted by Crippen LogP contribution is -2.15. The van der Waals surface area contributed by atoms with E-state index in [4.69, 9.17) is 0 Å². The van der Waals surface area contributed by atoms with Crippen LogP contribution in [0.1, 0.15) is 25.8 Å². The monoisotopic (exact) mass is 194 g/mol. The average Bonchev–Trinajstić information content (AvgIpc) is 2.51. The molecule has 2 unspecified atom stereocenters. The molecule has 1 aliphatic carbocycles. The van der Waals surface area contributed by atoms with Crippen LogP contribution in [0.2, 0.25) is 0 Å². The van der Waals surface area contributed by atoms with E-state index in [2.05, 4.69) is 18.9 Å². The van der Waals surface area contributed by atoms with Crippen LogP contribution in [0.5, 0.6) is 0 Å². The van der Waals surface area contributed by atoms with Gasteiger partial charge in [-0.1, -0.05) is 13.8 Å². The smallest absolute Gasteiger partial charge is 0.0615 e. The zero-order chi connectivity index (χ0) is 10.3. The molecule has 14 heavy (non-hydrogen) atoms. The SMILES string of the molecule is Cn1cc(CC(O)C2CC2(C)C)cn1. The quantitative estimate of drug-likeness (QED) is 0.789. The molecule has 1 N–H and O–H groups in total. The van der Waals surface area contributed by atoms with Crippen LogP contribution in [0.25, 0.3) is 0 Å². The fourth-order valence-corrected chi connectivity index (χ4v) is 2.13. The third-order valence-electron chi connectivity index (χ3n) is 3.26. The number of aliphatic hydroxyl groups excluding tert-OH is 1. The van der Waals surface area contributed by atoms with Gasteiger partial charge in [0.25, 0.3) is 0 Å². The van der Waals surface area contributed by atoms with Crippen LogP contribution in [0, 0.1) is 11.3 Å². The van der Waals surface area contributed by atoms with Crippen LogP contribution in [-0.2, 0) is 13.5 Å². The largest absolute Gasteiger partial charge is 0.392 e. The maximum absolute atomic E-state index is 9.95. The van der Waals surface area contributed by atoms with Crippen molar-refractivity contribution in [1.82, 2.24) is 9.78 Å². The second kappa shape index (κ2) is 3.09. The molecule has 1 saturated carbocycles. The van der Waals surface area contributed by atoms with Crippen LogP contribution in [0.4, 0.5) is 0 Å². The van der Waals surface area contributed by atoms with Crippen molar-refractivity contribution in [1.29, 1.82) is 0 Å². The summed E-state index contributed by atoms with van der Waals surface area (Å²) in [6, 6.07) is 0. The Balaban J connectivity index is 1.93. The van der Waals surface area contributed by atoms with Gasteiger partial charge in [-0.15, -0.1) is 0 Å². The number of hydrogen-bond acceptors (Lipinski definition) is 2. The van der Waals surface area contributed by atoms with Crippen molar-refractivity contribution in [3.63, 3.8) is 0 Å². The Bertz CT molecular complexity index is 330. The summed E-state index contributed by atoms with van der Waals surface area (Å²) in [4.78, 5) is 0. The summed E-state index contributed by atoms with van der Waals surface area (Å²) in [7, 11) is 1.90. The number of aliphatic hydroxyl groups is 1. The lowest BCUT2D eigenvalue weighted by Gasteiger charge is -2.10. The molecule has 78 valence electrons. The van der Waals surface area contributed by atoms with Crippen LogP contribution in [0.15, 0.2) is 12.4 Å². The molecule has 1 aromatic heterocycles. The van der Waals surface area contributed by atoms with E-state index in [-0.39, 0.29) is 6.10 Å². The van der Waals surface area contributed by atoms with Crippen molar-refractivity contribution < 1.29 is 5.11 Å². The fraction of sp³-hybridized carbons (Fsp3) is 0.727. The fourth-order valence-electron chi connectivity index (χ4n) is 2.13. The van der Waals surface area contributed by atoms with Gasteiger partial charge in [-0.05, 0) is 23.3 Å². The Morgan fingerprint density at radius 1 is 1.71 bits per heavy atom. The highest BCUT2D eigenvalue weighted by Crippen LogP contribution is 2.53. The van der Waals surface area contributed by atoms with Crippen molar-refractivity contribution in [3.8, 4) is 0 Å². The van der Waals surface area contributed by atoms with Crippen LogP contribution in [-0.4, -0.2) is 21.0 Å². The number of hydrogen-bond donors (Lipinski definition) is 1. The molecule has 0 aliphatic heterocycles. The van der Waals surface area contributed by atoms with Gasteiger partial charge in [0.05, 0.1) is 12.3 Å². The second-order valence-corrected chi connectivity index (χ2v) is 5.09. The summed E-state index contributed by atoms with van der Waals surface area (Å²) in [5, 5.41) is 14.0. The Kier molecular flexibility index (Phi) is 2.14. The maximum Gasteiger partial charge on any atom is 0.0615 e. The lowest BCUT2D eigenvalue weighted by atomic mass is 10.0. The molecule has 3 heteroatoms. The summed E-state index contributed by atoms with van der Waals surface area (Å²) in [5.74, 6) is 0.475. The normalized spacial score (nSPS) is 26.1. The van der Waals surface area contributed by atoms with Crippen LogP contribution < -0.4 is 0 Å². The molecule has 2 atom stereocenters. The van der Waals surface area contributed by atoms with Gasteiger partial charge in [0.15, 0.2) is 0 Å². The molecule has 0 radical (unpaired) electrons. The molecule has 0 saturated heterocycles. The van der Waals surface area contributed by atoms with E-state index in [1.165, 1.54) is 0 Å². The highest BCUT2D eigenvalue weighted by molar-refractivity contribution is 5.09. The van der Waals surface area contributed by atoms with E-state index < -0.39 is 0 Å². The van der Waals surface area contributed by atoms with Crippen molar-refractivity contribution in [2.45, 2.75) is 32.8 Å². The molecule has 1 aliphatic rings. The molecule has 0 bridgehead atoms. The predicted molar refractivity (Wildman–Crippen MR) is 54.8 cm³/mol. The first-order valence-corrected chi connectivity index (χ1v) is 5.14. The molecule has 0 aromatic carbocycles. The Morgan fingerprint density at radius 3 is 2.79 bits per heavy atom. The molecule has 1 aromatic rings. The first kappa shape index (κ1) is 9.71. The van der Waals surface area contributed by atoms with Crippen molar-refractivity contribution in [2.24, 2.45) is 18.4 Å². The third-order valence-corrected chi connectivity index (χ3v) is 3.26. The standard InChI is InChI=1S/C11H18N2O/c1-11(2)5-9(11)10(14)4-8-6-12-13(3)7-8/h6-7,9-10,14H,4-5H2,1-3H3. The summed E-state index contributed by atoms with van der Waals surface area (Å²) in [5.41, 5.74) is 1.48. The summed E-state index contributed by atoms with van der Waals surface area (Å²) in [6.45, 7) is 4.42. The van der Waals surface area contributed by atoms with E-state index in [1.54, 1.807) is 4.68 Å². The van der Waals surface area contributed by atoms with Gasteiger partial charge in [-0.3, -0.25) is 4.68 Å². The average molecular weight is 194 g/mol. The van der Waals surface area contributed by atoms with Crippen molar-refractivity contribution in [2.75, 3.05) is 0 Å². The van der Waals surface area contributed by atoms with E-state index in [1.807, 2.05) is 19.4 Å². The molecule has 0 amide bonds. The van der Waals surface area contributed by atoms with Crippen molar-refractivity contribution in [3.05, 3.63) is 18.0 Å². The van der Waals surface area contributed by atoms with Gasteiger partial charge in [-0.2, -0.15) is 5.10 Å². The Hall–Kier alpha value is -0.830. The summed E-state index contributed by atoms with van der Waals surface area (Å²) >= 11 is 0. The minimum absolute atomic E-state index is 0.200. The minimum Gasteiger partial charge on any atom is -0.392 e. The lowest BCUT2D eigenvalue weighted by molar-refractivity contribution is 0.137. The highest BCUT2D eigenvalue weighted by atomic mass is 16.3.